The fourth-order valence-electron chi connectivity index (χ4n) is 3.00. The zero-order valence-electron chi connectivity index (χ0n) is 13.4. The standard InChI is InChI=1S/C19H19N3O2/c1-2-7-22-16-12-18-17(23-8-9-24-18)11-15(16)21-19(22)10-13-3-5-14(20)6-4-13/h2-6,11-12H,1,7-10,20H2. The van der Waals surface area contributed by atoms with Crippen molar-refractivity contribution in [1.82, 2.24) is 9.55 Å². The summed E-state index contributed by atoms with van der Waals surface area (Å²) in [5, 5.41) is 0. The third-order valence-corrected chi connectivity index (χ3v) is 4.14. The Morgan fingerprint density at radius 1 is 1.12 bits per heavy atom. The number of ether oxygens (including phenoxy) is 2. The summed E-state index contributed by atoms with van der Waals surface area (Å²) in [6.45, 7) is 5.71. The van der Waals surface area contributed by atoms with E-state index in [0.717, 1.165) is 40.5 Å². The number of nitrogens with two attached hydrogens (primary N) is 1. The molecule has 2 N–H and O–H groups in total. The SMILES string of the molecule is C=CCn1c(Cc2ccc(N)cc2)nc2cc3c(cc21)OCCO3. The molecular formula is C19H19N3O2. The fraction of sp³-hybridized carbons (Fsp3) is 0.211. The van der Waals surface area contributed by atoms with Crippen LogP contribution in [0.4, 0.5) is 5.69 Å². The normalized spacial score (nSPS) is 13.2. The molecule has 5 heteroatoms. The van der Waals surface area contributed by atoms with Crippen LogP contribution in [-0.4, -0.2) is 22.8 Å². The van der Waals surface area contributed by atoms with Crippen LogP contribution in [0.25, 0.3) is 11.0 Å². The molecule has 122 valence electrons. The van der Waals surface area contributed by atoms with E-state index < -0.39 is 0 Å². The van der Waals surface area contributed by atoms with Crippen molar-refractivity contribution >= 4 is 16.7 Å². The first-order valence-electron chi connectivity index (χ1n) is 7.98. The van der Waals surface area contributed by atoms with Gasteiger partial charge in [-0.2, -0.15) is 0 Å². The van der Waals surface area contributed by atoms with E-state index in [2.05, 4.69) is 11.1 Å². The van der Waals surface area contributed by atoms with Crippen molar-refractivity contribution in [1.29, 1.82) is 0 Å². The fourth-order valence-corrected chi connectivity index (χ4v) is 3.00. The zero-order valence-corrected chi connectivity index (χ0v) is 13.4. The molecule has 1 aliphatic rings. The molecule has 1 aliphatic heterocycles. The van der Waals surface area contributed by atoms with Crippen molar-refractivity contribution in [3.8, 4) is 11.5 Å². The number of benzene rings is 2. The van der Waals surface area contributed by atoms with Gasteiger partial charge in [0.1, 0.15) is 19.0 Å². The predicted octanol–water partition coefficient (Wildman–Crippen LogP) is 3.17. The van der Waals surface area contributed by atoms with Crippen LogP contribution in [0.2, 0.25) is 0 Å². The molecule has 0 saturated heterocycles. The highest BCUT2D eigenvalue weighted by Gasteiger charge is 2.17. The first-order valence-corrected chi connectivity index (χ1v) is 7.98. The van der Waals surface area contributed by atoms with E-state index in [1.54, 1.807) is 0 Å². The van der Waals surface area contributed by atoms with Crippen LogP contribution in [0.1, 0.15) is 11.4 Å². The van der Waals surface area contributed by atoms with Gasteiger partial charge in [-0.05, 0) is 17.7 Å². The molecule has 0 bridgehead atoms. The molecule has 0 radical (unpaired) electrons. The van der Waals surface area contributed by atoms with Gasteiger partial charge in [-0.1, -0.05) is 18.2 Å². The minimum atomic E-state index is 0.574. The average Bonchev–Trinajstić information content (AvgIpc) is 2.92. The molecule has 0 atom stereocenters. The molecule has 5 nitrogen and oxygen atoms in total. The van der Waals surface area contributed by atoms with Crippen molar-refractivity contribution in [2.45, 2.75) is 13.0 Å². The number of nitrogen functional groups attached to an aromatic ring is 1. The monoisotopic (exact) mass is 321 g/mol. The van der Waals surface area contributed by atoms with E-state index in [1.807, 2.05) is 42.5 Å². The van der Waals surface area contributed by atoms with Gasteiger partial charge in [0.15, 0.2) is 11.5 Å². The van der Waals surface area contributed by atoms with Crippen LogP contribution < -0.4 is 15.2 Å². The Hall–Kier alpha value is -2.95. The van der Waals surface area contributed by atoms with Crippen molar-refractivity contribution in [3.05, 3.63) is 60.4 Å². The van der Waals surface area contributed by atoms with E-state index in [4.69, 9.17) is 20.2 Å². The lowest BCUT2D eigenvalue weighted by molar-refractivity contribution is 0.172. The molecule has 24 heavy (non-hydrogen) atoms. The molecule has 2 heterocycles. The second kappa shape index (κ2) is 5.92. The smallest absolute Gasteiger partial charge is 0.163 e. The summed E-state index contributed by atoms with van der Waals surface area (Å²) in [4.78, 5) is 4.81. The number of aromatic nitrogens is 2. The second-order valence-corrected chi connectivity index (χ2v) is 5.83. The van der Waals surface area contributed by atoms with E-state index in [9.17, 15) is 0 Å². The van der Waals surface area contributed by atoms with Gasteiger partial charge in [-0.25, -0.2) is 4.98 Å². The van der Waals surface area contributed by atoms with Gasteiger partial charge in [0.05, 0.1) is 11.0 Å². The van der Waals surface area contributed by atoms with Crippen molar-refractivity contribution in [3.63, 3.8) is 0 Å². The lowest BCUT2D eigenvalue weighted by atomic mass is 10.1. The quantitative estimate of drug-likeness (QED) is 0.592. The Balaban J connectivity index is 1.80. The van der Waals surface area contributed by atoms with Gasteiger partial charge in [0.25, 0.3) is 0 Å². The predicted molar refractivity (Wildman–Crippen MR) is 94.6 cm³/mol. The zero-order chi connectivity index (χ0) is 16.5. The van der Waals surface area contributed by atoms with Crippen molar-refractivity contribution in [2.75, 3.05) is 18.9 Å². The minimum Gasteiger partial charge on any atom is -0.486 e. The van der Waals surface area contributed by atoms with Crippen molar-refractivity contribution in [2.24, 2.45) is 0 Å². The summed E-state index contributed by atoms with van der Waals surface area (Å²) >= 11 is 0. The number of imidazole rings is 1. The largest absolute Gasteiger partial charge is 0.486 e. The lowest BCUT2D eigenvalue weighted by Crippen LogP contribution is -2.15. The van der Waals surface area contributed by atoms with Crippen LogP contribution >= 0.6 is 0 Å². The Labute approximate surface area is 140 Å². The number of hydrogen-bond donors (Lipinski definition) is 1. The molecule has 0 aliphatic carbocycles. The van der Waals surface area contributed by atoms with Crippen LogP contribution in [0.15, 0.2) is 49.1 Å². The second-order valence-electron chi connectivity index (χ2n) is 5.83. The summed E-state index contributed by atoms with van der Waals surface area (Å²) in [6.07, 6.45) is 2.61. The maximum Gasteiger partial charge on any atom is 0.163 e. The van der Waals surface area contributed by atoms with Gasteiger partial charge >= 0.3 is 0 Å². The summed E-state index contributed by atoms with van der Waals surface area (Å²) in [7, 11) is 0. The van der Waals surface area contributed by atoms with Gasteiger partial charge in [-0.15, -0.1) is 6.58 Å². The highest BCUT2D eigenvalue weighted by atomic mass is 16.6. The van der Waals surface area contributed by atoms with E-state index in [1.165, 1.54) is 5.56 Å². The Kier molecular flexibility index (Phi) is 3.61. The molecule has 0 unspecified atom stereocenters. The molecule has 0 saturated carbocycles. The maximum absolute atomic E-state index is 5.77. The highest BCUT2D eigenvalue weighted by Crippen LogP contribution is 2.35. The Morgan fingerprint density at radius 2 is 1.83 bits per heavy atom. The van der Waals surface area contributed by atoms with E-state index in [0.29, 0.717) is 19.8 Å². The molecule has 4 rings (SSSR count). The highest BCUT2D eigenvalue weighted by molar-refractivity contribution is 5.81. The maximum atomic E-state index is 5.77. The van der Waals surface area contributed by atoms with Gasteiger partial charge in [-0.3, -0.25) is 0 Å². The third kappa shape index (κ3) is 2.58. The number of nitrogens with zero attached hydrogens (tertiary/aromatic N) is 2. The molecule has 0 amide bonds. The number of fused-ring (bicyclic) bond motifs is 2. The molecule has 2 aromatic carbocycles. The number of hydrogen-bond acceptors (Lipinski definition) is 4. The van der Waals surface area contributed by atoms with Crippen LogP contribution in [0.3, 0.4) is 0 Å². The third-order valence-electron chi connectivity index (χ3n) is 4.14. The molecule has 1 aromatic heterocycles. The molecule has 3 aromatic rings. The van der Waals surface area contributed by atoms with E-state index in [-0.39, 0.29) is 0 Å². The van der Waals surface area contributed by atoms with Crippen LogP contribution in [0, 0.1) is 0 Å². The summed E-state index contributed by atoms with van der Waals surface area (Å²) in [5.74, 6) is 2.52. The first-order chi connectivity index (χ1) is 11.7. The van der Waals surface area contributed by atoms with E-state index >= 15 is 0 Å². The van der Waals surface area contributed by atoms with Gasteiger partial charge in [0, 0.05) is 30.8 Å². The van der Waals surface area contributed by atoms with Crippen LogP contribution in [-0.2, 0) is 13.0 Å². The number of anilines is 1. The molecule has 0 fully saturated rings. The molecule has 0 spiro atoms. The summed E-state index contributed by atoms with van der Waals surface area (Å²) in [5.41, 5.74) is 9.64. The number of rotatable bonds is 4. The molecular weight excluding hydrogens is 302 g/mol. The van der Waals surface area contributed by atoms with Crippen molar-refractivity contribution < 1.29 is 9.47 Å². The Bertz CT molecular complexity index is 897. The van der Waals surface area contributed by atoms with Crippen LogP contribution in [0.5, 0.6) is 11.5 Å². The Morgan fingerprint density at radius 3 is 2.54 bits per heavy atom. The average molecular weight is 321 g/mol. The minimum absolute atomic E-state index is 0.574. The topological polar surface area (TPSA) is 62.3 Å². The first kappa shape index (κ1) is 14.6. The summed E-state index contributed by atoms with van der Waals surface area (Å²) in [6, 6.07) is 11.9. The van der Waals surface area contributed by atoms with Gasteiger partial charge < -0.3 is 19.8 Å². The van der Waals surface area contributed by atoms with Gasteiger partial charge in [0.2, 0.25) is 0 Å². The number of allylic oxidation sites excluding steroid dienone is 1. The lowest BCUT2D eigenvalue weighted by Gasteiger charge is -2.18. The summed E-state index contributed by atoms with van der Waals surface area (Å²) < 4.78 is 13.5.